The molecular formula is C48H84NO9P. The molecule has 0 heterocycles. The average Bonchev–Trinajstić information content (AvgIpc) is 3.21. The smallest absolute Gasteiger partial charge is 0.472 e. The summed E-state index contributed by atoms with van der Waals surface area (Å²) in [7, 11) is -4.63. The van der Waals surface area contributed by atoms with Gasteiger partial charge < -0.3 is 25.2 Å². The van der Waals surface area contributed by atoms with E-state index >= 15 is 0 Å². The van der Waals surface area contributed by atoms with E-state index in [0.29, 0.717) is 13.0 Å². The van der Waals surface area contributed by atoms with Gasteiger partial charge in [-0.3, -0.25) is 18.6 Å². The van der Waals surface area contributed by atoms with E-state index in [0.717, 1.165) is 83.5 Å². The Morgan fingerprint density at radius 2 is 0.983 bits per heavy atom. The zero-order valence-corrected chi connectivity index (χ0v) is 38.0. The normalized spacial score (nSPS) is 14.5. The summed E-state index contributed by atoms with van der Waals surface area (Å²) in [5.74, 6) is -1.80. The number of rotatable bonds is 43. The minimum atomic E-state index is -4.63. The topological polar surface area (TPSA) is 155 Å². The van der Waals surface area contributed by atoms with Gasteiger partial charge in [-0.05, 0) is 83.5 Å². The Labute approximate surface area is 359 Å². The number of hydrogen-bond acceptors (Lipinski definition) is 8. The van der Waals surface area contributed by atoms with Crippen LogP contribution in [0.3, 0.4) is 0 Å². The molecule has 0 saturated heterocycles. The van der Waals surface area contributed by atoms with Crippen molar-refractivity contribution in [3.8, 4) is 0 Å². The van der Waals surface area contributed by atoms with Crippen molar-refractivity contribution in [2.75, 3.05) is 26.4 Å². The molecule has 0 rings (SSSR count). The van der Waals surface area contributed by atoms with E-state index in [1.54, 1.807) is 0 Å². The molecule has 0 aliphatic heterocycles. The molecule has 10 nitrogen and oxygen atoms in total. The van der Waals surface area contributed by atoms with Crippen molar-refractivity contribution in [3.63, 3.8) is 0 Å². The number of ether oxygens (including phenoxy) is 2. The number of carboxylic acids is 1. The molecule has 11 heteroatoms. The van der Waals surface area contributed by atoms with Crippen LogP contribution in [0, 0.1) is 0 Å². The number of carboxylic acid groups (broad SMARTS) is 1. The van der Waals surface area contributed by atoms with Gasteiger partial charge >= 0.3 is 19.8 Å². The predicted molar refractivity (Wildman–Crippen MR) is 244 cm³/mol. The fourth-order valence-corrected chi connectivity index (χ4v) is 6.70. The molecule has 0 fully saturated rings. The summed E-state index contributed by atoms with van der Waals surface area (Å²) in [6.45, 7) is 3.72. The van der Waals surface area contributed by atoms with Crippen LogP contribution in [-0.4, -0.2) is 60.5 Å². The highest BCUT2D eigenvalue weighted by atomic mass is 31.2. The highest BCUT2D eigenvalue weighted by Crippen LogP contribution is 2.43. The molecule has 0 aliphatic carbocycles. The number of unbranched alkanes of at least 4 members (excludes halogenated alkanes) is 17. The van der Waals surface area contributed by atoms with Crippen LogP contribution in [0.5, 0.6) is 0 Å². The molecular weight excluding hydrogens is 766 g/mol. The number of carbonyl (C=O) groups excluding carboxylic acids is 1. The molecule has 0 spiro atoms. The summed E-state index contributed by atoms with van der Waals surface area (Å²) < 4.78 is 33.4. The first-order valence-electron chi connectivity index (χ1n) is 23.0. The van der Waals surface area contributed by atoms with Gasteiger partial charge in [0.1, 0.15) is 12.1 Å². The van der Waals surface area contributed by atoms with Crippen molar-refractivity contribution >= 4 is 19.8 Å². The van der Waals surface area contributed by atoms with Gasteiger partial charge in [0, 0.05) is 13.0 Å². The lowest BCUT2D eigenvalue weighted by Gasteiger charge is -2.20. The molecule has 340 valence electrons. The second-order valence-corrected chi connectivity index (χ2v) is 16.6. The number of allylic oxidation sites excluding steroid dienone is 12. The van der Waals surface area contributed by atoms with Gasteiger partial charge in [0.05, 0.1) is 19.8 Å². The molecule has 0 aromatic rings. The first-order chi connectivity index (χ1) is 28.7. The van der Waals surface area contributed by atoms with Crippen LogP contribution in [-0.2, 0) is 32.7 Å². The fraction of sp³-hybridized carbons (Fsp3) is 0.708. The van der Waals surface area contributed by atoms with Gasteiger partial charge in [0.2, 0.25) is 0 Å². The maximum atomic E-state index is 12.7. The Balaban J connectivity index is 4.23. The molecule has 0 radical (unpaired) electrons. The van der Waals surface area contributed by atoms with Gasteiger partial charge in [-0.2, -0.15) is 0 Å². The molecule has 4 N–H and O–H groups in total. The summed E-state index contributed by atoms with van der Waals surface area (Å²) in [5.41, 5.74) is 5.36. The van der Waals surface area contributed by atoms with Crippen molar-refractivity contribution in [1.29, 1.82) is 0 Å². The summed E-state index contributed by atoms with van der Waals surface area (Å²) in [6.07, 6.45) is 53.8. The lowest BCUT2D eigenvalue weighted by Crippen LogP contribution is -2.34. The minimum absolute atomic E-state index is 0.00474. The Bertz CT molecular complexity index is 1210. The Morgan fingerprint density at radius 3 is 1.49 bits per heavy atom. The molecule has 3 unspecified atom stereocenters. The molecule has 3 atom stereocenters. The van der Waals surface area contributed by atoms with Crippen LogP contribution in [0.25, 0.3) is 0 Å². The maximum absolute atomic E-state index is 12.7. The van der Waals surface area contributed by atoms with Gasteiger partial charge in [-0.1, -0.05) is 164 Å². The standard InChI is InChI=1S/C48H84NO9P/c1-3-5-7-9-11-13-15-17-19-20-21-22-23-24-25-26-27-28-30-32-34-36-38-40-47(50)58-45(43-56-59(53,54)57-44-46(49)48(51)52)42-55-41-39-37-35-33-31-29-18-16-14-12-10-8-6-4-2/h5,7,11,13-14,16-17,19,21-22,24-25,45-46H,3-4,6,8-10,12,15,18,20,23,26-44,49H2,1-2H3,(H,51,52)(H,53,54)/b7-5-,13-11-,16-14-,19-17-,22-21-,25-24-. The summed E-state index contributed by atoms with van der Waals surface area (Å²) in [6, 6.07) is -1.48. The van der Waals surface area contributed by atoms with E-state index in [1.165, 1.54) is 70.6 Å². The van der Waals surface area contributed by atoms with Crippen molar-refractivity contribution in [3.05, 3.63) is 72.9 Å². The van der Waals surface area contributed by atoms with Gasteiger partial charge in [-0.15, -0.1) is 0 Å². The molecule has 59 heavy (non-hydrogen) atoms. The summed E-state index contributed by atoms with van der Waals surface area (Å²) >= 11 is 0. The lowest BCUT2D eigenvalue weighted by molar-refractivity contribution is -0.154. The van der Waals surface area contributed by atoms with E-state index in [1.807, 2.05) is 0 Å². The van der Waals surface area contributed by atoms with Gasteiger partial charge in [-0.25, -0.2) is 4.57 Å². The SMILES string of the molecule is CC/C=C\C/C=C\C/C=C\C/C=C\C/C=C\CCCCCCCCCC(=O)OC(COCCCCCCCC/C=C\CCCCCC)COP(=O)(O)OCC(N)C(=O)O. The number of aliphatic carboxylic acids is 1. The first-order valence-corrected chi connectivity index (χ1v) is 24.5. The van der Waals surface area contributed by atoms with E-state index in [2.05, 4.69) is 86.8 Å². The van der Waals surface area contributed by atoms with Crippen LogP contribution in [0.4, 0.5) is 0 Å². The Kier molecular flexibility index (Phi) is 41.6. The van der Waals surface area contributed by atoms with Crippen molar-refractivity contribution < 1.29 is 42.7 Å². The monoisotopic (exact) mass is 850 g/mol. The largest absolute Gasteiger partial charge is 0.480 e. The van der Waals surface area contributed by atoms with Crippen molar-refractivity contribution in [2.45, 2.75) is 193 Å². The number of phosphoric acid groups is 1. The quantitative estimate of drug-likeness (QED) is 0.0234. The van der Waals surface area contributed by atoms with E-state index in [4.69, 9.17) is 29.4 Å². The number of esters is 1. The van der Waals surface area contributed by atoms with Crippen LogP contribution in [0.2, 0.25) is 0 Å². The van der Waals surface area contributed by atoms with Crippen molar-refractivity contribution in [1.82, 2.24) is 0 Å². The second kappa shape index (κ2) is 43.5. The van der Waals surface area contributed by atoms with Crippen LogP contribution >= 0.6 is 7.82 Å². The number of carbonyl (C=O) groups is 2. The predicted octanol–water partition coefficient (Wildman–Crippen LogP) is 13.0. The zero-order chi connectivity index (χ0) is 43.3. The minimum Gasteiger partial charge on any atom is -0.480 e. The van der Waals surface area contributed by atoms with E-state index in [9.17, 15) is 19.0 Å². The summed E-state index contributed by atoms with van der Waals surface area (Å²) in [4.78, 5) is 33.6. The first kappa shape index (κ1) is 56.4. The second-order valence-electron chi connectivity index (χ2n) is 15.1. The summed E-state index contributed by atoms with van der Waals surface area (Å²) in [5, 5.41) is 8.90. The van der Waals surface area contributed by atoms with E-state index in [-0.39, 0.29) is 13.0 Å². The van der Waals surface area contributed by atoms with E-state index < -0.39 is 45.1 Å². The van der Waals surface area contributed by atoms with Gasteiger partial charge in [0.15, 0.2) is 0 Å². The zero-order valence-electron chi connectivity index (χ0n) is 37.1. The molecule has 0 bridgehead atoms. The molecule has 0 aromatic carbocycles. The highest BCUT2D eigenvalue weighted by molar-refractivity contribution is 7.47. The van der Waals surface area contributed by atoms with Crippen molar-refractivity contribution in [2.24, 2.45) is 5.73 Å². The third-order valence-corrected chi connectivity index (χ3v) is 10.4. The average molecular weight is 850 g/mol. The van der Waals surface area contributed by atoms with Crippen LogP contribution in [0.1, 0.15) is 181 Å². The number of hydrogen-bond donors (Lipinski definition) is 3. The van der Waals surface area contributed by atoms with Crippen LogP contribution in [0.15, 0.2) is 72.9 Å². The lowest BCUT2D eigenvalue weighted by atomic mass is 10.1. The number of phosphoric ester groups is 1. The third-order valence-electron chi connectivity index (χ3n) is 9.47. The Morgan fingerprint density at radius 1 is 0.559 bits per heavy atom. The fourth-order valence-electron chi connectivity index (χ4n) is 5.92. The molecule has 0 aliphatic rings. The maximum Gasteiger partial charge on any atom is 0.472 e. The highest BCUT2D eigenvalue weighted by Gasteiger charge is 2.27. The molecule has 0 aromatic heterocycles. The van der Waals surface area contributed by atoms with Gasteiger partial charge in [0.25, 0.3) is 0 Å². The third kappa shape index (κ3) is 43.3. The van der Waals surface area contributed by atoms with Crippen LogP contribution < -0.4 is 5.73 Å². The number of nitrogens with two attached hydrogens (primary N) is 1. The molecule has 0 saturated carbocycles. The Hall–Kier alpha value is -2.59. The molecule has 0 amide bonds.